The quantitative estimate of drug-likeness (QED) is 0.490. The topological polar surface area (TPSA) is 75.2 Å². The molecule has 6 heteroatoms. The SMILES string of the molecule is N#Cc1ccc(C(=O)c2c(C(=O)c3ccc(Cl)cc3)nc3ccccn23)cc1. The average Bonchev–Trinajstić information content (AvgIpc) is 3.13. The van der Waals surface area contributed by atoms with Crippen molar-refractivity contribution in [1.29, 1.82) is 5.26 Å². The van der Waals surface area contributed by atoms with Crippen LogP contribution in [0, 0.1) is 11.3 Å². The maximum absolute atomic E-state index is 13.2. The van der Waals surface area contributed by atoms with E-state index >= 15 is 0 Å². The highest BCUT2D eigenvalue weighted by molar-refractivity contribution is 6.30. The van der Waals surface area contributed by atoms with Gasteiger partial charge in [0.05, 0.1) is 11.6 Å². The first-order valence-corrected chi connectivity index (χ1v) is 8.78. The Labute approximate surface area is 165 Å². The molecule has 0 amide bonds. The first-order valence-electron chi connectivity index (χ1n) is 8.40. The molecule has 2 aromatic carbocycles. The molecule has 0 N–H and O–H groups in total. The highest BCUT2D eigenvalue weighted by Gasteiger charge is 2.26. The Balaban J connectivity index is 1.87. The largest absolute Gasteiger partial charge is 0.296 e. The van der Waals surface area contributed by atoms with Crippen LogP contribution >= 0.6 is 11.6 Å². The van der Waals surface area contributed by atoms with Crippen LogP contribution in [0.25, 0.3) is 5.65 Å². The highest BCUT2D eigenvalue weighted by atomic mass is 35.5. The van der Waals surface area contributed by atoms with Crippen LogP contribution in [0.2, 0.25) is 5.02 Å². The first kappa shape index (κ1) is 17.7. The molecule has 134 valence electrons. The molecule has 0 aliphatic carbocycles. The van der Waals surface area contributed by atoms with Gasteiger partial charge in [0.25, 0.3) is 0 Å². The van der Waals surface area contributed by atoms with Gasteiger partial charge in [-0.3, -0.25) is 14.0 Å². The van der Waals surface area contributed by atoms with Gasteiger partial charge < -0.3 is 0 Å². The molecule has 0 saturated carbocycles. The number of aromatic nitrogens is 2. The van der Waals surface area contributed by atoms with Gasteiger partial charge >= 0.3 is 0 Å². The summed E-state index contributed by atoms with van der Waals surface area (Å²) in [4.78, 5) is 30.7. The summed E-state index contributed by atoms with van der Waals surface area (Å²) in [5, 5.41) is 9.47. The Morgan fingerprint density at radius 1 is 0.893 bits per heavy atom. The summed E-state index contributed by atoms with van der Waals surface area (Å²) in [7, 11) is 0. The van der Waals surface area contributed by atoms with Crippen molar-refractivity contribution in [3.8, 4) is 6.07 Å². The molecule has 5 nitrogen and oxygen atoms in total. The Kier molecular flexibility index (Phi) is 4.48. The van der Waals surface area contributed by atoms with Crippen molar-refractivity contribution >= 4 is 28.8 Å². The van der Waals surface area contributed by atoms with Crippen LogP contribution in [0.4, 0.5) is 0 Å². The molecule has 4 rings (SSSR count). The van der Waals surface area contributed by atoms with E-state index in [9.17, 15) is 9.59 Å². The summed E-state index contributed by atoms with van der Waals surface area (Å²) >= 11 is 5.91. The second-order valence-electron chi connectivity index (χ2n) is 6.09. The number of hydrogen-bond acceptors (Lipinski definition) is 4. The normalized spacial score (nSPS) is 10.6. The smallest absolute Gasteiger partial charge is 0.213 e. The summed E-state index contributed by atoms with van der Waals surface area (Å²) in [5.41, 5.74) is 1.96. The molecular formula is C22H12ClN3O2. The van der Waals surface area contributed by atoms with Crippen LogP contribution in [0.5, 0.6) is 0 Å². The van der Waals surface area contributed by atoms with Gasteiger partial charge in [0.2, 0.25) is 11.6 Å². The number of nitrogens with zero attached hydrogens (tertiary/aromatic N) is 3. The van der Waals surface area contributed by atoms with E-state index < -0.39 is 0 Å². The lowest BCUT2D eigenvalue weighted by Crippen LogP contribution is -2.12. The number of ketones is 2. The zero-order valence-electron chi connectivity index (χ0n) is 14.5. The number of carbonyl (C=O) groups is 2. The van der Waals surface area contributed by atoms with E-state index in [1.165, 1.54) is 0 Å². The third-order valence-electron chi connectivity index (χ3n) is 4.34. The third-order valence-corrected chi connectivity index (χ3v) is 4.59. The Bertz CT molecular complexity index is 1250. The zero-order valence-corrected chi connectivity index (χ0v) is 15.2. The van der Waals surface area contributed by atoms with Crippen molar-refractivity contribution in [2.24, 2.45) is 0 Å². The molecule has 0 fully saturated rings. The summed E-state index contributed by atoms with van der Waals surface area (Å²) < 4.78 is 1.60. The lowest BCUT2D eigenvalue weighted by molar-refractivity contribution is 0.0997. The molecule has 28 heavy (non-hydrogen) atoms. The van der Waals surface area contributed by atoms with Gasteiger partial charge in [-0.05, 0) is 60.7 Å². The number of pyridine rings is 1. The lowest BCUT2D eigenvalue weighted by atomic mass is 10.0. The second kappa shape index (κ2) is 7.10. The molecular weight excluding hydrogens is 374 g/mol. The van der Waals surface area contributed by atoms with Gasteiger partial charge in [-0.2, -0.15) is 5.26 Å². The Morgan fingerprint density at radius 2 is 1.54 bits per heavy atom. The molecule has 0 atom stereocenters. The Morgan fingerprint density at radius 3 is 2.21 bits per heavy atom. The molecule has 4 aromatic rings. The number of rotatable bonds is 4. The summed E-state index contributed by atoms with van der Waals surface area (Å²) in [6, 6.07) is 20.0. The molecule has 2 heterocycles. The van der Waals surface area contributed by atoms with Crippen molar-refractivity contribution in [2.75, 3.05) is 0 Å². The van der Waals surface area contributed by atoms with E-state index in [0.717, 1.165) is 0 Å². The predicted octanol–water partition coefficient (Wildman–Crippen LogP) is 4.32. The van der Waals surface area contributed by atoms with Crippen molar-refractivity contribution in [1.82, 2.24) is 9.38 Å². The number of halogens is 1. The van der Waals surface area contributed by atoms with E-state index in [1.807, 2.05) is 6.07 Å². The highest BCUT2D eigenvalue weighted by Crippen LogP contribution is 2.21. The van der Waals surface area contributed by atoms with Crippen molar-refractivity contribution in [3.63, 3.8) is 0 Å². The minimum Gasteiger partial charge on any atom is -0.296 e. The van der Waals surface area contributed by atoms with E-state index in [2.05, 4.69) is 4.98 Å². The zero-order chi connectivity index (χ0) is 19.7. The van der Waals surface area contributed by atoms with Gasteiger partial charge in [-0.25, -0.2) is 4.98 Å². The van der Waals surface area contributed by atoms with Gasteiger partial charge in [0.1, 0.15) is 17.0 Å². The van der Waals surface area contributed by atoms with Crippen molar-refractivity contribution in [3.05, 3.63) is 106 Å². The number of imidazole rings is 1. The summed E-state index contributed by atoms with van der Waals surface area (Å²) in [5.74, 6) is -0.710. The fourth-order valence-electron chi connectivity index (χ4n) is 2.94. The third kappa shape index (κ3) is 3.07. The first-order chi connectivity index (χ1) is 13.6. The summed E-state index contributed by atoms with van der Waals surface area (Å²) in [6.07, 6.45) is 1.69. The van der Waals surface area contributed by atoms with Crippen LogP contribution in [0.15, 0.2) is 72.9 Å². The van der Waals surface area contributed by atoms with Crippen molar-refractivity contribution in [2.45, 2.75) is 0 Å². The number of carbonyl (C=O) groups excluding carboxylic acids is 2. The summed E-state index contributed by atoms with van der Waals surface area (Å²) in [6.45, 7) is 0. The van der Waals surface area contributed by atoms with Crippen LogP contribution in [-0.4, -0.2) is 21.0 Å². The maximum atomic E-state index is 13.2. The number of nitriles is 1. The van der Waals surface area contributed by atoms with Crippen LogP contribution in [-0.2, 0) is 0 Å². The molecule has 2 aromatic heterocycles. The van der Waals surface area contributed by atoms with Crippen LogP contribution in [0.3, 0.4) is 0 Å². The molecule has 0 spiro atoms. The van der Waals surface area contributed by atoms with Gasteiger partial charge in [-0.15, -0.1) is 0 Å². The van der Waals surface area contributed by atoms with Crippen molar-refractivity contribution < 1.29 is 9.59 Å². The fourth-order valence-corrected chi connectivity index (χ4v) is 3.07. The lowest BCUT2D eigenvalue weighted by Gasteiger charge is -2.05. The van der Waals surface area contributed by atoms with Gasteiger partial charge in [-0.1, -0.05) is 17.7 Å². The minimum atomic E-state index is -0.364. The van der Waals surface area contributed by atoms with E-state index in [1.54, 1.807) is 77.3 Å². The van der Waals surface area contributed by atoms with Gasteiger partial charge in [0, 0.05) is 22.3 Å². The predicted molar refractivity (Wildman–Crippen MR) is 105 cm³/mol. The maximum Gasteiger partial charge on any atom is 0.213 e. The molecule has 0 saturated heterocycles. The molecule has 0 unspecified atom stereocenters. The molecule has 0 radical (unpaired) electrons. The monoisotopic (exact) mass is 385 g/mol. The minimum absolute atomic E-state index is 0.0721. The van der Waals surface area contributed by atoms with E-state index in [4.69, 9.17) is 16.9 Å². The fraction of sp³-hybridized carbons (Fsp3) is 0. The standard InChI is InChI=1S/C22H12ClN3O2/c23-17-10-8-15(9-11-17)21(27)19-20(26-12-2-1-3-18(26)25-19)22(28)16-6-4-14(13-24)5-7-16/h1-12H. The van der Waals surface area contributed by atoms with Crippen LogP contribution in [0.1, 0.15) is 37.7 Å². The Hall–Kier alpha value is -3.75. The number of hydrogen-bond donors (Lipinski definition) is 0. The molecule has 0 bridgehead atoms. The molecule has 0 aliphatic heterocycles. The van der Waals surface area contributed by atoms with Gasteiger partial charge in [0.15, 0.2) is 0 Å². The van der Waals surface area contributed by atoms with Crippen LogP contribution < -0.4 is 0 Å². The average molecular weight is 386 g/mol. The molecule has 0 aliphatic rings. The number of fused-ring (bicyclic) bond motifs is 1. The van der Waals surface area contributed by atoms with E-state index in [0.29, 0.717) is 27.4 Å². The number of benzene rings is 2. The second-order valence-corrected chi connectivity index (χ2v) is 6.53. The van der Waals surface area contributed by atoms with E-state index in [-0.39, 0.29) is 23.0 Å².